The van der Waals surface area contributed by atoms with Crippen molar-refractivity contribution in [3.8, 4) is 0 Å². The number of amides is 3. The zero-order chi connectivity index (χ0) is 13.3. The number of urea groups is 1. The number of hydrogen-bond donors (Lipinski definition) is 1. The molecule has 0 bridgehead atoms. The number of nitrogens with zero attached hydrogens (tertiary/aromatic N) is 1. The summed E-state index contributed by atoms with van der Waals surface area (Å²) >= 11 is 0. The Morgan fingerprint density at radius 3 is 2.28 bits per heavy atom. The molecule has 1 aliphatic heterocycles. The normalized spacial score (nSPS) is 19.3. The summed E-state index contributed by atoms with van der Waals surface area (Å²) in [6.07, 6.45) is 0.703. The lowest BCUT2D eigenvalue weighted by molar-refractivity contribution is -0.127. The highest BCUT2D eigenvalue weighted by Crippen LogP contribution is 2.12. The Morgan fingerprint density at radius 2 is 1.78 bits per heavy atom. The number of hydrogen-bond acceptors (Lipinski definition) is 2. The van der Waals surface area contributed by atoms with Crippen molar-refractivity contribution in [2.45, 2.75) is 33.2 Å². The number of carbonyl (C=O) groups excluding carboxylic acids is 2. The minimum atomic E-state index is -0.392. The fourth-order valence-electron chi connectivity index (χ4n) is 2.32. The molecule has 4 heteroatoms. The standard InChI is InChI=1S/C14H18N2O2/c1-9-6-10(2)8-12(7-9)4-5-16-13(17)11(3)15-14(16)18/h6-8,11H,4-5H2,1-3H3,(H,15,18)/t11-/m1/s1. The summed E-state index contributed by atoms with van der Waals surface area (Å²) < 4.78 is 0. The number of benzene rings is 1. The van der Waals surface area contributed by atoms with E-state index >= 15 is 0 Å². The van der Waals surface area contributed by atoms with E-state index in [2.05, 4.69) is 23.5 Å². The Bertz CT molecular complexity index is 476. The van der Waals surface area contributed by atoms with E-state index < -0.39 is 6.04 Å². The predicted molar refractivity (Wildman–Crippen MR) is 69.3 cm³/mol. The molecule has 4 nitrogen and oxygen atoms in total. The second kappa shape index (κ2) is 4.80. The Morgan fingerprint density at radius 1 is 1.17 bits per heavy atom. The third-order valence-corrected chi connectivity index (χ3v) is 3.13. The van der Waals surface area contributed by atoms with Crippen LogP contribution in [-0.2, 0) is 11.2 Å². The van der Waals surface area contributed by atoms with Crippen molar-refractivity contribution in [2.75, 3.05) is 6.54 Å². The van der Waals surface area contributed by atoms with Gasteiger partial charge in [-0.1, -0.05) is 29.3 Å². The topological polar surface area (TPSA) is 49.4 Å². The fourth-order valence-corrected chi connectivity index (χ4v) is 2.32. The van der Waals surface area contributed by atoms with Crippen molar-refractivity contribution < 1.29 is 9.59 Å². The van der Waals surface area contributed by atoms with Crippen LogP contribution in [0.3, 0.4) is 0 Å². The molecule has 0 radical (unpaired) electrons. The summed E-state index contributed by atoms with van der Waals surface area (Å²) in [5.41, 5.74) is 3.57. The van der Waals surface area contributed by atoms with E-state index in [4.69, 9.17) is 0 Å². The molecule has 0 spiro atoms. The van der Waals surface area contributed by atoms with E-state index in [-0.39, 0.29) is 11.9 Å². The van der Waals surface area contributed by atoms with Crippen molar-refractivity contribution in [1.29, 1.82) is 0 Å². The molecule has 18 heavy (non-hydrogen) atoms. The van der Waals surface area contributed by atoms with Crippen LogP contribution in [0.25, 0.3) is 0 Å². The molecule has 0 aromatic heterocycles. The molecule has 1 fully saturated rings. The molecule has 1 heterocycles. The number of aryl methyl sites for hydroxylation is 2. The molecule has 0 unspecified atom stereocenters. The van der Waals surface area contributed by atoms with Crippen LogP contribution >= 0.6 is 0 Å². The Labute approximate surface area is 107 Å². The highest BCUT2D eigenvalue weighted by Gasteiger charge is 2.34. The second-order valence-corrected chi connectivity index (χ2v) is 4.91. The lowest BCUT2D eigenvalue weighted by atomic mass is 10.0. The molecule has 0 saturated carbocycles. The first-order chi connectivity index (χ1) is 8.47. The highest BCUT2D eigenvalue weighted by atomic mass is 16.2. The maximum absolute atomic E-state index is 11.7. The summed E-state index contributed by atoms with van der Waals surface area (Å²) in [4.78, 5) is 24.6. The first kappa shape index (κ1) is 12.6. The van der Waals surface area contributed by atoms with Gasteiger partial charge in [0.2, 0.25) is 0 Å². The molecule has 1 aliphatic rings. The molecule has 96 valence electrons. The average Bonchev–Trinajstić information content (AvgIpc) is 2.50. The van der Waals surface area contributed by atoms with Crippen LogP contribution in [0.1, 0.15) is 23.6 Å². The summed E-state index contributed by atoms with van der Waals surface area (Å²) in [6, 6.07) is 5.62. The zero-order valence-corrected chi connectivity index (χ0v) is 11.0. The molecular formula is C14H18N2O2. The Balaban J connectivity index is 2.03. The summed E-state index contributed by atoms with van der Waals surface area (Å²) in [7, 11) is 0. The average molecular weight is 246 g/mol. The first-order valence-electron chi connectivity index (χ1n) is 6.16. The molecule has 0 aliphatic carbocycles. The quantitative estimate of drug-likeness (QED) is 0.827. The third kappa shape index (κ3) is 2.53. The molecule has 3 amide bonds. The second-order valence-electron chi connectivity index (χ2n) is 4.91. The van der Waals surface area contributed by atoms with Crippen LogP contribution in [0.2, 0.25) is 0 Å². The largest absolute Gasteiger partial charge is 0.326 e. The number of carbonyl (C=O) groups is 2. The minimum absolute atomic E-state index is 0.135. The van der Waals surface area contributed by atoms with Gasteiger partial charge >= 0.3 is 6.03 Å². The first-order valence-corrected chi connectivity index (χ1v) is 6.16. The van der Waals surface area contributed by atoms with E-state index in [0.29, 0.717) is 13.0 Å². The number of imide groups is 1. The molecule has 1 N–H and O–H groups in total. The maximum atomic E-state index is 11.7. The van der Waals surface area contributed by atoms with E-state index in [1.54, 1.807) is 6.92 Å². The van der Waals surface area contributed by atoms with Crippen molar-refractivity contribution >= 4 is 11.9 Å². The minimum Gasteiger partial charge on any atom is -0.326 e. The summed E-state index contributed by atoms with van der Waals surface area (Å²) in [5, 5.41) is 2.61. The van der Waals surface area contributed by atoms with Gasteiger partial charge in [0.15, 0.2) is 0 Å². The van der Waals surface area contributed by atoms with Crippen LogP contribution in [0.15, 0.2) is 18.2 Å². The van der Waals surface area contributed by atoms with E-state index in [1.165, 1.54) is 16.0 Å². The molecular weight excluding hydrogens is 228 g/mol. The van der Waals surface area contributed by atoms with Gasteiger partial charge < -0.3 is 5.32 Å². The van der Waals surface area contributed by atoms with Gasteiger partial charge in [-0.2, -0.15) is 0 Å². The predicted octanol–water partition coefficient (Wildman–Crippen LogP) is 1.79. The van der Waals surface area contributed by atoms with E-state index in [9.17, 15) is 9.59 Å². The molecule has 1 atom stereocenters. The maximum Gasteiger partial charge on any atom is 0.324 e. The lowest BCUT2D eigenvalue weighted by Gasteiger charge is -2.13. The van der Waals surface area contributed by atoms with Gasteiger partial charge in [-0.25, -0.2) is 4.79 Å². The van der Waals surface area contributed by atoms with E-state index in [1.807, 2.05) is 13.8 Å². The Hall–Kier alpha value is -1.84. The Kier molecular flexibility index (Phi) is 3.36. The van der Waals surface area contributed by atoms with Gasteiger partial charge in [0.25, 0.3) is 5.91 Å². The summed E-state index contributed by atoms with van der Waals surface area (Å²) in [6.45, 7) is 6.24. The smallest absolute Gasteiger partial charge is 0.324 e. The van der Waals surface area contributed by atoms with E-state index in [0.717, 1.165) is 5.56 Å². The van der Waals surface area contributed by atoms with Gasteiger partial charge in [0, 0.05) is 6.54 Å². The molecule has 1 saturated heterocycles. The van der Waals surface area contributed by atoms with Crippen molar-refractivity contribution in [3.05, 3.63) is 34.9 Å². The lowest BCUT2D eigenvalue weighted by Crippen LogP contribution is -2.33. The van der Waals surface area contributed by atoms with Crippen molar-refractivity contribution in [1.82, 2.24) is 10.2 Å². The van der Waals surface area contributed by atoms with Gasteiger partial charge in [-0.05, 0) is 32.8 Å². The summed E-state index contributed by atoms with van der Waals surface area (Å²) in [5.74, 6) is -0.135. The van der Waals surface area contributed by atoms with Crippen LogP contribution in [-0.4, -0.2) is 29.4 Å². The van der Waals surface area contributed by atoms with Crippen LogP contribution in [0.4, 0.5) is 4.79 Å². The number of rotatable bonds is 3. The highest BCUT2D eigenvalue weighted by molar-refractivity contribution is 6.03. The van der Waals surface area contributed by atoms with Crippen molar-refractivity contribution in [2.24, 2.45) is 0 Å². The molecule has 2 rings (SSSR count). The van der Waals surface area contributed by atoms with Crippen LogP contribution < -0.4 is 5.32 Å². The van der Waals surface area contributed by atoms with Crippen LogP contribution in [0.5, 0.6) is 0 Å². The van der Waals surface area contributed by atoms with Gasteiger partial charge in [-0.3, -0.25) is 9.69 Å². The fraction of sp³-hybridized carbons (Fsp3) is 0.429. The number of nitrogens with one attached hydrogen (secondary N) is 1. The third-order valence-electron chi connectivity index (χ3n) is 3.13. The van der Waals surface area contributed by atoms with Gasteiger partial charge in [0.1, 0.15) is 6.04 Å². The zero-order valence-electron chi connectivity index (χ0n) is 11.0. The SMILES string of the molecule is Cc1cc(C)cc(CCN2C(=O)N[C@H](C)C2=O)c1. The van der Waals surface area contributed by atoms with Gasteiger partial charge in [0.05, 0.1) is 0 Å². The molecule has 1 aromatic rings. The monoisotopic (exact) mass is 246 g/mol. The molecule has 1 aromatic carbocycles. The van der Waals surface area contributed by atoms with Gasteiger partial charge in [-0.15, -0.1) is 0 Å². The van der Waals surface area contributed by atoms with Crippen molar-refractivity contribution in [3.63, 3.8) is 0 Å². The van der Waals surface area contributed by atoms with Crippen LogP contribution in [0, 0.1) is 13.8 Å².